The Kier molecular flexibility index (Phi) is 4.42. The largest absolute Gasteiger partial charge is 0.331 e. The molecule has 19 heavy (non-hydrogen) atoms. The zero-order valence-corrected chi connectivity index (χ0v) is 13.0. The van der Waals surface area contributed by atoms with Gasteiger partial charge in [-0.25, -0.2) is 0 Å². The zero-order chi connectivity index (χ0) is 14.0. The average Bonchev–Trinajstić information content (AvgIpc) is 2.71. The number of hydrogen-bond acceptors (Lipinski definition) is 2. The van der Waals surface area contributed by atoms with Crippen molar-refractivity contribution in [3.63, 3.8) is 0 Å². The molecule has 0 bridgehead atoms. The van der Waals surface area contributed by atoms with Gasteiger partial charge >= 0.3 is 0 Å². The third kappa shape index (κ3) is 2.90. The molecular formula is C15H23N3S. The van der Waals surface area contributed by atoms with Crippen LogP contribution in [0.2, 0.25) is 0 Å². The fourth-order valence-corrected chi connectivity index (χ4v) is 2.99. The van der Waals surface area contributed by atoms with Gasteiger partial charge in [-0.05, 0) is 56.9 Å². The van der Waals surface area contributed by atoms with Crippen LogP contribution in [0.25, 0.3) is 11.0 Å². The molecule has 0 fully saturated rings. The number of H-pyrrole nitrogens is 1. The van der Waals surface area contributed by atoms with E-state index >= 15 is 0 Å². The van der Waals surface area contributed by atoms with Crippen LogP contribution < -0.4 is 0 Å². The van der Waals surface area contributed by atoms with E-state index in [0.29, 0.717) is 6.04 Å². The third-order valence-corrected chi connectivity index (χ3v) is 4.03. The summed E-state index contributed by atoms with van der Waals surface area (Å²) >= 11 is 5.49. The van der Waals surface area contributed by atoms with Gasteiger partial charge in [-0.1, -0.05) is 19.9 Å². The van der Waals surface area contributed by atoms with Gasteiger partial charge in [0.25, 0.3) is 0 Å². The molecule has 1 heterocycles. The molecule has 2 aromatic rings. The number of nitrogens with one attached hydrogen (secondary N) is 1. The predicted octanol–water partition coefficient (Wildman–Crippen LogP) is 3.91. The van der Waals surface area contributed by atoms with Gasteiger partial charge in [0.2, 0.25) is 0 Å². The molecule has 0 saturated carbocycles. The lowest BCUT2D eigenvalue weighted by Crippen LogP contribution is -2.29. The lowest BCUT2D eigenvalue weighted by atomic mass is 10.2. The number of benzene rings is 1. The van der Waals surface area contributed by atoms with Crippen molar-refractivity contribution in [1.82, 2.24) is 14.5 Å². The number of aromatic nitrogens is 2. The van der Waals surface area contributed by atoms with Gasteiger partial charge in [-0.2, -0.15) is 0 Å². The molecule has 1 aromatic heterocycles. The molecule has 0 spiro atoms. The number of aryl methyl sites for hydroxylation is 1. The van der Waals surface area contributed by atoms with Crippen LogP contribution in [0.4, 0.5) is 0 Å². The van der Waals surface area contributed by atoms with E-state index in [9.17, 15) is 0 Å². The molecule has 1 unspecified atom stereocenters. The second-order valence-corrected chi connectivity index (χ2v) is 5.54. The minimum absolute atomic E-state index is 0.378. The van der Waals surface area contributed by atoms with E-state index in [2.05, 4.69) is 60.3 Å². The van der Waals surface area contributed by atoms with Crippen LogP contribution in [0, 0.1) is 11.7 Å². The molecular weight excluding hydrogens is 254 g/mol. The first-order valence-corrected chi connectivity index (χ1v) is 7.40. The topological polar surface area (TPSA) is 24.0 Å². The predicted molar refractivity (Wildman–Crippen MR) is 84.4 cm³/mol. The van der Waals surface area contributed by atoms with E-state index in [-0.39, 0.29) is 0 Å². The maximum atomic E-state index is 5.49. The van der Waals surface area contributed by atoms with Crippen LogP contribution in [0.3, 0.4) is 0 Å². The summed E-state index contributed by atoms with van der Waals surface area (Å²) in [5, 5.41) is 0. The van der Waals surface area contributed by atoms with Crippen LogP contribution in [0.5, 0.6) is 0 Å². The second kappa shape index (κ2) is 5.88. The zero-order valence-electron chi connectivity index (χ0n) is 12.2. The van der Waals surface area contributed by atoms with E-state index in [0.717, 1.165) is 29.9 Å². The molecule has 0 aliphatic carbocycles. The molecule has 3 nitrogen and oxygen atoms in total. The summed E-state index contributed by atoms with van der Waals surface area (Å²) in [5.41, 5.74) is 3.61. The Morgan fingerprint density at radius 1 is 1.32 bits per heavy atom. The number of rotatable bonds is 5. The van der Waals surface area contributed by atoms with E-state index < -0.39 is 0 Å². The van der Waals surface area contributed by atoms with Crippen molar-refractivity contribution in [1.29, 1.82) is 0 Å². The smallest absolute Gasteiger partial charge is 0.178 e. The highest BCUT2D eigenvalue weighted by Gasteiger charge is 2.13. The number of imidazole rings is 1. The molecule has 4 heteroatoms. The summed E-state index contributed by atoms with van der Waals surface area (Å²) in [6.07, 6.45) is 0. The fraction of sp³-hybridized carbons (Fsp3) is 0.533. The molecule has 0 aliphatic rings. The van der Waals surface area contributed by atoms with Gasteiger partial charge in [-0.15, -0.1) is 0 Å². The van der Waals surface area contributed by atoms with Gasteiger partial charge in [0.15, 0.2) is 4.77 Å². The summed E-state index contributed by atoms with van der Waals surface area (Å²) in [6.45, 7) is 12.0. The summed E-state index contributed by atoms with van der Waals surface area (Å²) in [4.78, 5) is 5.74. The number of hydrogen-bond donors (Lipinski definition) is 1. The van der Waals surface area contributed by atoms with Crippen LogP contribution in [-0.4, -0.2) is 34.1 Å². The fourth-order valence-electron chi connectivity index (χ4n) is 2.61. The summed E-state index contributed by atoms with van der Waals surface area (Å²) < 4.78 is 3.07. The molecule has 0 aliphatic heterocycles. The molecule has 2 rings (SSSR count). The monoisotopic (exact) mass is 277 g/mol. The van der Waals surface area contributed by atoms with Gasteiger partial charge in [0.1, 0.15) is 0 Å². The number of fused-ring (bicyclic) bond motifs is 1. The third-order valence-electron chi connectivity index (χ3n) is 3.73. The van der Waals surface area contributed by atoms with E-state index in [1.807, 2.05) is 0 Å². The van der Waals surface area contributed by atoms with Gasteiger partial charge in [0, 0.05) is 12.6 Å². The Morgan fingerprint density at radius 2 is 2.00 bits per heavy atom. The van der Waals surface area contributed by atoms with Crippen molar-refractivity contribution >= 4 is 23.3 Å². The van der Waals surface area contributed by atoms with Crippen molar-refractivity contribution < 1.29 is 0 Å². The Labute approximate surface area is 120 Å². The molecule has 104 valence electrons. The van der Waals surface area contributed by atoms with Gasteiger partial charge < -0.3 is 14.5 Å². The Balaban J connectivity index is 2.41. The summed E-state index contributed by atoms with van der Waals surface area (Å²) in [5.74, 6) is 0. The first-order chi connectivity index (χ1) is 9.06. The van der Waals surface area contributed by atoms with Crippen LogP contribution in [-0.2, 0) is 0 Å². The Bertz CT molecular complexity index is 607. The molecule has 1 atom stereocenters. The van der Waals surface area contributed by atoms with Crippen molar-refractivity contribution in [3.8, 4) is 0 Å². The second-order valence-electron chi connectivity index (χ2n) is 5.16. The van der Waals surface area contributed by atoms with Crippen molar-refractivity contribution in [2.45, 2.75) is 33.7 Å². The minimum Gasteiger partial charge on any atom is -0.331 e. The van der Waals surface area contributed by atoms with Crippen molar-refractivity contribution in [2.75, 3.05) is 19.6 Å². The highest BCUT2D eigenvalue weighted by Crippen LogP contribution is 2.21. The highest BCUT2D eigenvalue weighted by atomic mass is 32.1. The molecule has 1 aromatic carbocycles. The highest BCUT2D eigenvalue weighted by molar-refractivity contribution is 7.71. The maximum Gasteiger partial charge on any atom is 0.178 e. The molecule has 0 radical (unpaired) electrons. The summed E-state index contributed by atoms with van der Waals surface area (Å²) in [7, 11) is 0. The lowest BCUT2D eigenvalue weighted by Gasteiger charge is -2.24. The minimum atomic E-state index is 0.378. The number of likely N-dealkylation sites (N-methyl/N-ethyl adjacent to an activating group) is 1. The maximum absolute atomic E-state index is 5.49. The van der Waals surface area contributed by atoms with E-state index in [4.69, 9.17) is 12.2 Å². The lowest BCUT2D eigenvalue weighted by molar-refractivity contribution is 0.262. The van der Waals surface area contributed by atoms with Gasteiger partial charge in [-0.3, -0.25) is 0 Å². The van der Waals surface area contributed by atoms with Gasteiger partial charge in [0.05, 0.1) is 11.0 Å². The van der Waals surface area contributed by atoms with Crippen LogP contribution in [0.15, 0.2) is 18.2 Å². The molecule has 1 N–H and O–H groups in total. The van der Waals surface area contributed by atoms with E-state index in [1.165, 1.54) is 11.1 Å². The summed E-state index contributed by atoms with van der Waals surface area (Å²) in [6, 6.07) is 6.82. The average molecular weight is 277 g/mol. The Hall–Kier alpha value is -1.13. The Morgan fingerprint density at radius 3 is 2.63 bits per heavy atom. The van der Waals surface area contributed by atoms with Crippen LogP contribution >= 0.6 is 12.2 Å². The normalized spacial score (nSPS) is 13.3. The SMILES string of the molecule is CCN(CC)CC(C)n1c(=S)[nH]c2ccc(C)cc21. The quantitative estimate of drug-likeness (QED) is 0.838. The first-order valence-electron chi connectivity index (χ1n) is 7.00. The number of nitrogens with zero attached hydrogens (tertiary/aromatic N) is 2. The number of aromatic amines is 1. The first kappa shape index (κ1) is 14.3. The molecule has 0 amide bonds. The van der Waals surface area contributed by atoms with E-state index in [1.54, 1.807) is 0 Å². The van der Waals surface area contributed by atoms with Crippen molar-refractivity contribution in [3.05, 3.63) is 28.5 Å². The standard InChI is InChI=1S/C15H23N3S/c1-5-17(6-2)10-12(4)18-14-9-11(3)7-8-13(14)16-15(18)19/h7-9,12H,5-6,10H2,1-4H3,(H,16,19). The van der Waals surface area contributed by atoms with Crippen LogP contribution in [0.1, 0.15) is 32.4 Å². The molecule has 0 saturated heterocycles. The van der Waals surface area contributed by atoms with Crippen molar-refractivity contribution in [2.24, 2.45) is 0 Å².